The maximum Gasteiger partial charge on any atom is 0.151 e. The SMILES string of the molecule is Clc1ccc2c(c1)Cn1ccnc1C=N2. The molecule has 0 saturated heterocycles. The van der Waals surface area contributed by atoms with Crippen molar-refractivity contribution >= 4 is 23.5 Å². The third kappa shape index (κ3) is 1.45. The molecule has 0 unspecified atom stereocenters. The predicted octanol–water partition coefficient (Wildman–Crippen LogP) is 2.65. The molecule has 0 bridgehead atoms. The first kappa shape index (κ1) is 8.68. The molecular formula is C11H8ClN3. The minimum Gasteiger partial charge on any atom is -0.326 e. The summed E-state index contributed by atoms with van der Waals surface area (Å²) in [7, 11) is 0. The lowest BCUT2D eigenvalue weighted by Gasteiger charge is -2.05. The topological polar surface area (TPSA) is 30.2 Å². The number of aliphatic imine (C=N–C) groups is 1. The molecule has 3 rings (SSSR count). The minimum absolute atomic E-state index is 0.743. The van der Waals surface area contributed by atoms with Gasteiger partial charge >= 0.3 is 0 Å². The van der Waals surface area contributed by atoms with Crippen LogP contribution in [0.25, 0.3) is 0 Å². The van der Waals surface area contributed by atoms with E-state index in [1.807, 2.05) is 29.0 Å². The van der Waals surface area contributed by atoms with E-state index in [1.54, 1.807) is 12.4 Å². The largest absolute Gasteiger partial charge is 0.326 e. The number of hydrogen-bond donors (Lipinski definition) is 0. The Morgan fingerprint density at radius 1 is 1.33 bits per heavy atom. The van der Waals surface area contributed by atoms with Gasteiger partial charge in [0.2, 0.25) is 0 Å². The number of nitrogens with zero attached hydrogens (tertiary/aromatic N) is 3. The molecule has 1 aliphatic heterocycles. The summed E-state index contributed by atoms with van der Waals surface area (Å²) < 4.78 is 2.05. The highest BCUT2D eigenvalue weighted by Crippen LogP contribution is 2.26. The van der Waals surface area contributed by atoms with Gasteiger partial charge in [-0.05, 0) is 23.8 Å². The average Bonchev–Trinajstić information content (AvgIpc) is 2.58. The van der Waals surface area contributed by atoms with Crippen LogP contribution in [0.15, 0.2) is 35.6 Å². The molecule has 0 N–H and O–H groups in total. The zero-order valence-electron chi connectivity index (χ0n) is 7.89. The van der Waals surface area contributed by atoms with Crippen molar-refractivity contribution in [1.82, 2.24) is 9.55 Å². The Bertz CT molecular complexity index is 543. The van der Waals surface area contributed by atoms with Crippen molar-refractivity contribution in [1.29, 1.82) is 0 Å². The molecule has 0 aliphatic carbocycles. The van der Waals surface area contributed by atoms with Crippen LogP contribution in [-0.4, -0.2) is 15.8 Å². The number of halogens is 1. The first-order valence-corrected chi connectivity index (χ1v) is 5.04. The standard InChI is InChI=1S/C11H8ClN3/c12-9-1-2-10-8(5-9)7-15-4-3-13-11(15)6-14-10/h1-6H,7H2. The molecule has 0 atom stereocenters. The fraction of sp³-hybridized carbons (Fsp3) is 0.0909. The second kappa shape index (κ2) is 3.21. The summed E-state index contributed by atoms with van der Waals surface area (Å²) in [6.45, 7) is 0.769. The molecule has 0 fully saturated rings. The number of hydrogen-bond acceptors (Lipinski definition) is 2. The summed E-state index contributed by atoms with van der Waals surface area (Å²) in [4.78, 5) is 8.58. The van der Waals surface area contributed by atoms with Gasteiger partial charge in [0.05, 0.1) is 18.4 Å². The Morgan fingerprint density at radius 3 is 3.20 bits per heavy atom. The number of benzene rings is 1. The van der Waals surface area contributed by atoms with Gasteiger partial charge in [-0.15, -0.1) is 0 Å². The van der Waals surface area contributed by atoms with Gasteiger partial charge in [-0.25, -0.2) is 4.98 Å². The molecule has 1 aliphatic rings. The van der Waals surface area contributed by atoms with Crippen LogP contribution in [0.4, 0.5) is 5.69 Å². The minimum atomic E-state index is 0.743. The zero-order chi connectivity index (χ0) is 10.3. The first-order chi connectivity index (χ1) is 7.33. The van der Waals surface area contributed by atoms with Crippen LogP contribution in [-0.2, 0) is 6.54 Å². The molecule has 4 heteroatoms. The Labute approximate surface area is 92.0 Å². The third-order valence-corrected chi connectivity index (χ3v) is 2.68. The Morgan fingerprint density at radius 2 is 2.27 bits per heavy atom. The molecule has 0 radical (unpaired) electrons. The Hall–Kier alpha value is -1.61. The highest BCUT2D eigenvalue weighted by Gasteiger charge is 2.09. The summed E-state index contributed by atoms with van der Waals surface area (Å²) in [6.07, 6.45) is 5.49. The summed E-state index contributed by atoms with van der Waals surface area (Å²) in [5.74, 6) is 0.877. The van der Waals surface area contributed by atoms with E-state index >= 15 is 0 Å². The highest BCUT2D eigenvalue weighted by molar-refractivity contribution is 6.30. The molecule has 15 heavy (non-hydrogen) atoms. The van der Waals surface area contributed by atoms with Gasteiger partial charge in [0.15, 0.2) is 5.82 Å². The zero-order valence-corrected chi connectivity index (χ0v) is 8.65. The molecule has 0 amide bonds. The third-order valence-electron chi connectivity index (χ3n) is 2.45. The summed E-state index contributed by atoms with van der Waals surface area (Å²) >= 11 is 5.95. The quantitative estimate of drug-likeness (QED) is 0.569. The monoisotopic (exact) mass is 217 g/mol. The van der Waals surface area contributed by atoms with Crippen molar-refractivity contribution in [3.8, 4) is 0 Å². The maximum atomic E-state index is 5.95. The van der Waals surface area contributed by atoms with Gasteiger partial charge in [0, 0.05) is 17.4 Å². The molecule has 74 valence electrons. The predicted molar refractivity (Wildman–Crippen MR) is 60.0 cm³/mol. The fourth-order valence-electron chi connectivity index (χ4n) is 1.70. The second-order valence-corrected chi connectivity index (χ2v) is 3.88. The van der Waals surface area contributed by atoms with Crippen LogP contribution in [0, 0.1) is 0 Å². The van der Waals surface area contributed by atoms with Gasteiger partial charge < -0.3 is 4.57 Å². The van der Waals surface area contributed by atoms with Gasteiger partial charge in [0.1, 0.15) is 0 Å². The first-order valence-electron chi connectivity index (χ1n) is 4.66. The van der Waals surface area contributed by atoms with E-state index in [-0.39, 0.29) is 0 Å². The maximum absolute atomic E-state index is 5.95. The van der Waals surface area contributed by atoms with Crippen molar-refractivity contribution in [3.05, 3.63) is 47.0 Å². The summed E-state index contributed by atoms with van der Waals surface area (Å²) in [5.41, 5.74) is 2.08. The van der Waals surface area contributed by atoms with Crippen LogP contribution in [0.5, 0.6) is 0 Å². The lowest BCUT2D eigenvalue weighted by atomic mass is 10.2. The van der Waals surface area contributed by atoms with E-state index < -0.39 is 0 Å². The van der Waals surface area contributed by atoms with Crippen LogP contribution >= 0.6 is 11.6 Å². The van der Waals surface area contributed by atoms with Gasteiger partial charge in [-0.3, -0.25) is 4.99 Å². The van der Waals surface area contributed by atoms with Crippen LogP contribution in [0.1, 0.15) is 11.4 Å². The van der Waals surface area contributed by atoms with E-state index in [1.165, 1.54) is 0 Å². The van der Waals surface area contributed by atoms with Gasteiger partial charge in [0.25, 0.3) is 0 Å². The lowest BCUT2D eigenvalue weighted by molar-refractivity contribution is 0.796. The molecular weight excluding hydrogens is 210 g/mol. The van der Waals surface area contributed by atoms with Crippen LogP contribution in [0.2, 0.25) is 5.02 Å². The molecule has 1 aromatic carbocycles. The normalized spacial score (nSPS) is 13.1. The number of rotatable bonds is 0. The Balaban J connectivity index is 2.18. The number of imidazole rings is 1. The lowest BCUT2D eigenvalue weighted by Crippen LogP contribution is -2.01. The van der Waals surface area contributed by atoms with Crippen molar-refractivity contribution < 1.29 is 0 Å². The van der Waals surface area contributed by atoms with Crippen molar-refractivity contribution in [2.45, 2.75) is 6.54 Å². The van der Waals surface area contributed by atoms with Gasteiger partial charge in [-0.1, -0.05) is 11.6 Å². The van der Waals surface area contributed by atoms with Crippen molar-refractivity contribution in [2.24, 2.45) is 4.99 Å². The molecule has 3 nitrogen and oxygen atoms in total. The molecule has 2 aromatic rings. The van der Waals surface area contributed by atoms with Crippen molar-refractivity contribution in [2.75, 3.05) is 0 Å². The van der Waals surface area contributed by atoms with E-state index in [9.17, 15) is 0 Å². The summed E-state index contributed by atoms with van der Waals surface area (Å²) in [5, 5.41) is 0.743. The second-order valence-electron chi connectivity index (χ2n) is 3.44. The van der Waals surface area contributed by atoms with Gasteiger partial charge in [-0.2, -0.15) is 0 Å². The molecule has 2 heterocycles. The van der Waals surface area contributed by atoms with E-state index in [0.29, 0.717) is 0 Å². The number of aromatic nitrogens is 2. The summed E-state index contributed by atoms with van der Waals surface area (Å²) in [6, 6.07) is 5.73. The smallest absolute Gasteiger partial charge is 0.151 e. The van der Waals surface area contributed by atoms with Crippen molar-refractivity contribution in [3.63, 3.8) is 0 Å². The Kier molecular flexibility index (Phi) is 1.86. The van der Waals surface area contributed by atoms with E-state index in [2.05, 4.69) is 9.98 Å². The van der Waals surface area contributed by atoms with Crippen LogP contribution in [0.3, 0.4) is 0 Å². The van der Waals surface area contributed by atoms with E-state index in [0.717, 1.165) is 28.6 Å². The van der Waals surface area contributed by atoms with E-state index in [4.69, 9.17) is 11.6 Å². The highest BCUT2D eigenvalue weighted by atomic mass is 35.5. The molecule has 0 spiro atoms. The fourth-order valence-corrected chi connectivity index (χ4v) is 1.89. The van der Waals surface area contributed by atoms with Crippen LogP contribution < -0.4 is 0 Å². The molecule has 0 saturated carbocycles. The average molecular weight is 218 g/mol. The number of fused-ring (bicyclic) bond motifs is 2. The molecule has 1 aromatic heterocycles.